The molecule has 0 aliphatic carbocycles. The lowest BCUT2D eigenvalue weighted by atomic mass is 10.0. The lowest BCUT2D eigenvalue weighted by molar-refractivity contribution is 0.183. The maximum atomic E-state index is 13.0. The van der Waals surface area contributed by atoms with Crippen LogP contribution in [0.5, 0.6) is 5.75 Å². The molecule has 1 atom stereocenters. The minimum atomic E-state index is -0.204. The van der Waals surface area contributed by atoms with Gasteiger partial charge < -0.3 is 15.4 Å². The average molecular weight is 383 g/mol. The number of nitrogens with zero attached hydrogens (tertiary/aromatic N) is 1. The Morgan fingerprint density at radius 3 is 2.57 bits per heavy atom. The number of piperidine rings is 1. The summed E-state index contributed by atoms with van der Waals surface area (Å²) in [7, 11) is 0. The zero-order chi connectivity index (χ0) is 19.3. The molecule has 2 amide bonds. The van der Waals surface area contributed by atoms with Gasteiger partial charge in [0.25, 0.3) is 0 Å². The number of likely N-dealkylation sites (tertiary alicyclic amines) is 1. The molecule has 0 saturated carbocycles. The number of hydrogen-bond acceptors (Lipinski definition) is 3. The molecule has 148 valence electrons. The molecule has 0 aromatic heterocycles. The van der Waals surface area contributed by atoms with Crippen LogP contribution in [0.25, 0.3) is 0 Å². The van der Waals surface area contributed by atoms with Gasteiger partial charge in [-0.1, -0.05) is 30.3 Å². The minimum absolute atomic E-state index is 0.0106. The molecule has 6 heteroatoms. The van der Waals surface area contributed by atoms with E-state index in [2.05, 4.69) is 15.5 Å². The van der Waals surface area contributed by atoms with Crippen LogP contribution in [0.2, 0.25) is 0 Å². The first-order chi connectivity index (χ1) is 13.7. The second-order valence-electron chi connectivity index (χ2n) is 7.52. The Kier molecular flexibility index (Phi) is 5.76. The summed E-state index contributed by atoms with van der Waals surface area (Å²) in [4.78, 5) is 14.8. The van der Waals surface area contributed by atoms with E-state index in [0.29, 0.717) is 6.61 Å². The van der Waals surface area contributed by atoms with Crippen LogP contribution in [0, 0.1) is 5.82 Å². The molecule has 2 aliphatic rings. The highest BCUT2D eigenvalue weighted by Gasteiger charge is 2.25. The first-order valence-corrected chi connectivity index (χ1v) is 9.93. The van der Waals surface area contributed by atoms with E-state index < -0.39 is 0 Å². The van der Waals surface area contributed by atoms with Crippen LogP contribution >= 0.6 is 0 Å². The van der Waals surface area contributed by atoms with Gasteiger partial charge in [0.2, 0.25) is 0 Å². The number of ether oxygens (including phenoxy) is 1. The Balaban J connectivity index is 1.24. The lowest BCUT2D eigenvalue weighted by Crippen LogP contribution is -2.48. The van der Waals surface area contributed by atoms with Gasteiger partial charge in [0.15, 0.2) is 0 Å². The third-order valence-corrected chi connectivity index (χ3v) is 5.51. The molecule has 1 fully saturated rings. The van der Waals surface area contributed by atoms with E-state index >= 15 is 0 Å². The number of carbonyl (C=O) groups excluding carboxylic acids is 1. The molecule has 2 N–H and O–H groups in total. The van der Waals surface area contributed by atoms with Gasteiger partial charge in [-0.2, -0.15) is 0 Å². The fraction of sp³-hybridized carbons (Fsp3) is 0.409. The number of benzene rings is 2. The predicted octanol–water partition coefficient (Wildman–Crippen LogP) is 3.61. The zero-order valence-corrected chi connectivity index (χ0v) is 15.9. The summed E-state index contributed by atoms with van der Waals surface area (Å²) in [5, 5.41) is 6.22. The second kappa shape index (κ2) is 8.61. The summed E-state index contributed by atoms with van der Waals surface area (Å²) in [6.07, 6.45) is 2.61. The first-order valence-electron chi connectivity index (χ1n) is 9.93. The van der Waals surface area contributed by atoms with Crippen LogP contribution < -0.4 is 15.4 Å². The summed E-state index contributed by atoms with van der Waals surface area (Å²) in [6.45, 7) is 3.27. The number of carbonyl (C=O) groups is 1. The van der Waals surface area contributed by atoms with E-state index in [9.17, 15) is 9.18 Å². The first kappa shape index (κ1) is 18.7. The zero-order valence-electron chi connectivity index (χ0n) is 15.9. The summed E-state index contributed by atoms with van der Waals surface area (Å²) in [6, 6.07) is 14.6. The van der Waals surface area contributed by atoms with Crippen molar-refractivity contribution in [2.75, 3.05) is 19.7 Å². The van der Waals surface area contributed by atoms with Crippen molar-refractivity contribution in [3.63, 3.8) is 0 Å². The van der Waals surface area contributed by atoms with Crippen LogP contribution in [0.1, 0.15) is 36.4 Å². The van der Waals surface area contributed by atoms with Gasteiger partial charge in [0.05, 0.1) is 12.6 Å². The summed E-state index contributed by atoms with van der Waals surface area (Å²) < 4.78 is 18.7. The fourth-order valence-electron chi connectivity index (χ4n) is 3.96. The number of rotatable bonds is 4. The molecule has 0 bridgehead atoms. The SMILES string of the molecule is O=C(NC1CCN(Cc2ccc(F)cc2)CC1)N[C@H]1CCOc2ccccc21. The Labute approximate surface area is 164 Å². The number of para-hydroxylation sites is 1. The van der Waals surface area contributed by atoms with Crippen LogP contribution in [0.3, 0.4) is 0 Å². The van der Waals surface area contributed by atoms with Gasteiger partial charge in [-0.3, -0.25) is 4.90 Å². The average Bonchev–Trinajstić information content (AvgIpc) is 2.71. The number of urea groups is 1. The Bertz CT molecular complexity index is 804. The van der Waals surface area contributed by atoms with Gasteiger partial charge in [-0.25, -0.2) is 9.18 Å². The van der Waals surface area contributed by atoms with Crippen LogP contribution in [-0.2, 0) is 6.54 Å². The molecule has 0 unspecified atom stereocenters. The third kappa shape index (κ3) is 4.62. The van der Waals surface area contributed by atoms with Gasteiger partial charge in [-0.05, 0) is 36.6 Å². The van der Waals surface area contributed by atoms with Crippen molar-refractivity contribution in [3.05, 3.63) is 65.5 Å². The maximum absolute atomic E-state index is 13.0. The molecule has 0 spiro atoms. The van der Waals surface area contributed by atoms with Crippen molar-refractivity contribution in [1.29, 1.82) is 0 Å². The number of nitrogens with one attached hydrogen (secondary N) is 2. The van der Waals surface area contributed by atoms with Gasteiger partial charge >= 0.3 is 6.03 Å². The molecule has 5 nitrogen and oxygen atoms in total. The molecular formula is C22H26FN3O2. The topological polar surface area (TPSA) is 53.6 Å². The summed E-state index contributed by atoms with van der Waals surface area (Å²) in [5.74, 6) is 0.651. The maximum Gasteiger partial charge on any atom is 0.315 e. The van der Waals surface area contributed by atoms with Crippen LogP contribution in [0.4, 0.5) is 9.18 Å². The summed E-state index contributed by atoms with van der Waals surface area (Å²) >= 11 is 0. The van der Waals surface area contributed by atoms with Crippen LogP contribution in [-0.4, -0.2) is 36.7 Å². The van der Waals surface area contributed by atoms with Crippen molar-refractivity contribution >= 4 is 6.03 Å². The predicted molar refractivity (Wildman–Crippen MR) is 106 cm³/mol. The molecule has 0 radical (unpaired) electrons. The highest BCUT2D eigenvalue weighted by molar-refractivity contribution is 5.75. The van der Waals surface area contributed by atoms with E-state index in [-0.39, 0.29) is 23.9 Å². The smallest absolute Gasteiger partial charge is 0.315 e. The van der Waals surface area contributed by atoms with Crippen molar-refractivity contribution in [3.8, 4) is 5.75 Å². The molecular weight excluding hydrogens is 357 g/mol. The lowest BCUT2D eigenvalue weighted by Gasteiger charge is -2.33. The van der Waals surface area contributed by atoms with E-state index in [1.165, 1.54) is 12.1 Å². The van der Waals surface area contributed by atoms with Crippen molar-refractivity contribution in [2.45, 2.75) is 37.9 Å². The summed E-state index contributed by atoms with van der Waals surface area (Å²) in [5.41, 5.74) is 2.15. The highest BCUT2D eigenvalue weighted by atomic mass is 19.1. The molecule has 2 aliphatic heterocycles. The normalized spacial score (nSPS) is 20.1. The van der Waals surface area contributed by atoms with E-state index in [1.54, 1.807) is 0 Å². The van der Waals surface area contributed by atoms with E-state index in [1.807, 2.05) is 36.4 Å². The fourth-order valence-corrected chi connectivity index (χ4v) is 3.96. The largest absolute Gasteiger partial charge is 0.493 e. The molecule has 4 rings (SSSR count). The van der Waals surface area contributed by atoms with Crippen LogP contribution in [0.15, 0.2) is 48.5 Å². The number of halogens is 1. The highest BCUT2D eigenvalue weighted by Crippen LogP contribution is 2.31. The number of hydrogen-bond donors (Lipinski definition) is 2. The molecule has 28 heavy (non-hydrogen) atoms. The molecule has 2 aromatic carbocycles. The van der Waals surface area contributed by atoms with Gasteiger partial charge in [0, 0.05) is 37.7 Å². The minimum Gasteiger partial charge on any atom is -0.493 e. The van der Waals surface area contributed by atoms with Gasteiger partial charge in [-0.15, -0.1) is 0 Å². The molecule has 1 saturated heterocycles. The van der Waals surface area contributed by atoms with E-state index in [0.717, 1.165) is 55.8 Å². The third-order valence-electron chi connectivity index (χ3n) is 5.51. The number of amides is 2. The van der Waals surface area contributed by atoms with Crippen molar-refractivity contribution < 1.29 is 13.9 Å². The van der Waals surface area contributed by atoms with Crippen molar-refractivity contribution in [1.82, 2.24) is 15.5 Å². The Hall–Kier alpha value is -2.60. The monoisotopic (exact) mass is 383 g/mol. The van der Waals surface area contributed by atoms with Crippen molar-refractivity contribution in [2.24, 2.45) is 0 Å². The van der Waals surface area contributed by atoms with E-state index in [4.69, 9.17) is 4.74 Å². The molecule has 2 heterocycles. The standard InChI is InChI=1S/C22H26FN3O2/c23-17-7-5-16(6-8-17)15-26-12-9-18(10-13-26)24-22(27)25-20-11-14-28-21-4-2-1-3-19(20)21/h1-8,18,20H,9-15H2,(H2,24,25,27)/t20-/m0/s1. The molecule has 2 aromatic rings. The Morgan fingerprint density at radius 1 is 1.04 bits per heavy atom. The Morgan fingerprint density at radius 2 is 1.79 bits per heavy atom. The van der Waals surface area contributed by atoms with Gasteiger partial charge in [0.1, 0.15) is 11.6 Å². The number of fused-ring (bicyclic) bond motifs is 1. The second-order valence-corrected chi connectivity index (χ2v) is 7.52. The quantitative estimate of drug-likeness (QED) is 0.848.